The summed E-state index contributed by atoms with van der Waals surface area (Å²) in [5, 5.41) is 12.4. The van der Waals surface area contributed by atoms with Gasteiger partial charge in [-0.15, -0.1) is 0 Å². The third-order valence-electron chi connectivity index (χ3n) is 6.05. The van der Waals surface area contributed by atoms with Crippen LogP contribution in [0.1, 0.15) is 13.8 Å². The number of nitrogens with zero attached hydrogens (tertiary/aromatic N) is 5. The van der Waals surface area contributed by atoms with Crippen LogP contribution in [0.25, 0.3) is 55.7 Å². The molecule has 9 heteroatoms. The van der Waals surface area contributed by atoms with E-state index in [0.29, 0.717) is 5.69 Å². The summed E-state index contributed by atoms with van der Waals surface area (Å²) in [6.45, 7) is 3.70. The number of aromatic nitrogens is 7. The van der Waals surface area contributed by atoms with Gasteiger partial charge in [-0.1, -0.05) is 13.8 Å². The van der Waals surface area contributed by atoms with E-state index in [-0.39, 0.29) is 11.8 Å². The lowest BCUT2D eigenvalue weighted by Gasteiger charge is -2.08. The quantitative estimate of drug-likeness (QED) is 0.315. The van der Waals surface area contributed by atoms with Crippen molar-refractivity contribution in [2.75, 3.05) is 5.32 Å². The zero-order chi connectivity index (χ0) is 24.6. The minimum absolute atomic E-state index is 0.0620. The van der Waals surface area contributed by atoms with Crippen LogP contribution in [0, 0.1) is 5.92 Å². The fraction of sp³-hybridized carbons (Fsp3) is 0.111. The van der Waals surface area contributed by atoms with Crippen molar-refractivity contribution in [1.29, 1.82) is 0 Å². The van der Waals surface area contributed by atoms with Crippen molar-refractivity contribution >= 4 is 33.5 Å². The highest BCUT2D eigenvalue weighted by Gasteiger charge is 2.16. The number of aromatic amines is 2. The molecule has 6 rings (SSSR count). The van der Waals surface area contributed by atoms with E-state index < -0.39 is 0 Å². The largest absolute Gasteiger partial charge is 0.338 e. The molecule has 6 aromatic rings. The molecule has 0 saturated heterocycles. The molecule has 6 heterocycles. The summed E-state index contributed by atoms with van der Waals surface area (Å²) in [4.78, 5) is 33.0. The van der Waals surface area contributed by atoms with Crippen molar-refractivity contribution in [2.45, 2.75) is 13.8 Å². The van der Waals surface area contributed by atoms with Crippen molar-refractivity contribution < 1.29 is 4.79 Å². The van der Waals surface area contributed by atoms with Gasteiger partial charge in [-0.25, -0.2) is 4.98 Å². The first-order chi connectivity index (χ1) is 17.6. The van der Waals surface area contributed by atoms with Crippen molar-refractivity contribution in [3.05, 3.63) is 73.6 Å². The van der Waals surface area contributed by atoms with Gasteiger partial charge in [0.25, 0.3) is 0 Å². The van der Waals surface area contributed by atoms with Gasteiger partial charge in [0.2, 0.25) is 5.91 Å². The summed E-state index contributed by atoms with van der Waals surface area (Å²) in [6, 6.07) is 11.9. The normalized spacial score (nSPS) is 11.4. The molecule has 1 amide bonds. The Balaban J connectivity index is 1.41. The molecule has 0 aliphatic rings. The number of H-pyrrole nitrogens is 2. The molecular weight excluding hydrogens is 452 g/mol. The van der Waals surface area contributed by atoms with E-state index in [0.717, 1.165) is 55.7 Å². The average molecular weight is 475 g/mol. The fourth-order valence-corrected chi connectivity index (χ4v) is 4.15. The number of hydrogen-bond donors (Lipinski definition) is 3. The third kappa shape index (κ3) is 3.86. The molecule has 0 aromatic carbocycles. The van der Waals surface area contributed by atoms with Crippen LogP contribution < -0.4 is 5.32 Å². The molecule has 0 radical (unpaired) electrons. The van der Waals surface area contributed by atoms with E-state index in [1.807, 2.05) is 44.2 Å². The highest BCUT2D eigenvalue weighted by atomic mass is 16.1. The molecule has 0 bridgehead atoms. The average Bonchev–Trinajstić information content (AvgIpc) is 3.53. The molecule has 0 fully saturated rings. The second-order valence-electron chi connectivity index (χ2n) is 8.83. The molecule has 3 N–H and O–H groups in total. The maximum atomic E-state index is 12.1. The van der Waals surface area contributed by atoms with Crippen molar-refractivity contribution in [2.24, 2.45) is 5.92 Å². The molecule has 6 aromatic heterocycles. The number of nitrogens with one attached hydrogen (secondary N) is 3. The van der Waals surface area contributed by atoms with E-state index >= 15 is 0 Å². The van der Waals surface area contributed by atoms with Gasteiger partial charge in [-0.3, -0.25) is 24.8 Å². The standard InChI is InChI=1S/C27H22N8O/c1-15(2)27(36)32-18-9-17(12-29-13-18)22-11-21-24(14-31-22)34-35-25(21)23-10-20-19(5-8-30-26(20)33-23)16-3-6-28-7-4-16/h3-15H,1-2H3,(H,30,33)(H,32,36)(H,34,35). The number of amides is 1. The molecule has 36 heavy (non-hydrogen) atoms. The smallest absolute Gasteiger partial charge is 0.226 e. The number of hydrogen-bond acceptors (Lipinski definition) is 6. The zero-order valence-corrected chi connectivity index (χ0v) is 19.6. The minimum atomic E-state index is -0.124. The fourth-order valence-electron chi connectivity index (χ4n) is 4.15. The third-order valence-corrected chi connectivity index (χ3v) is 6.05. The maximum Gasteiger partial charge on any atom is 0.226 e. The molecule has 0 atom stereocenters. The number of anilines is 1. The van der Waals surface area contributed by atoms with Gasteiger partial charge in [-0.2, -0.15) is 5.10 Å². The first-order valence-electron chi connectivity index (χ1n) is 11.6. The van der Waals surface area contributed by atoms with Crippen LogP contribution in [0.4, 0.5) is 5.69 Å². The number of rotatable bonds is 5. The van der Waals surface area contributed by atoms with Crippen LogP contribution in [0.15, 0.2) is 73.6 Å². The summed E-state index contributed by atoms with van der Waals surface area (Å²) < 4.78 is 0. The molecule has 176 valence electrons. The topological polar surface area (TPSA) is 125 Å². The molecule has 0 aliphatic heterocycles. The van der Waals surface area contributed by atoms with Gasteiger partial charge < -0.3 is 10.3 Å². The first-order valence-corrected chi connectivity index (χ1v) is 11.6. The Bertz CT molecular complexity index is 1720. The Labute approximate surface area is 206 Å². The second-order valence-corrected chi connectivity index (χ2v) is 8.83. The first kappa shape index (κ1) is 21.6. The van der Waals surface area contributed by atoms with E-state index in [9.17, 15) is 4.79 Å². The summed E-state index contributed by atoms with van der Waals surface area (Å²) in [5.41, 5.74) is 7.49. The van der Waals surface area contributed by atoms with E-state index in [2.05, 4.69) is 46.5 Å². The number of pyridine rings is 4. The number of carbonyl (C=O) groups is 1. The summed E-state index contributed by atoms with van der Waals surface area (Å²) in [5.74, 6) is -0.186. The van der Waals surface area contributed by atoms with Gasteiger partial charge in [0.05, 0.1) is 35.0 Å². The number of fused-ring (bicyclic) bond motifs is 2. The van der Waals surface area contributed by atoms with Crippen molar-refractivity contribution in [3.63, 3.8) is 0 Å². The Hall–Kier alpha value is -4.92. The van der Waals surface area contributed by atoms with Crippen LogP contribution in [0.3, 0.4) is 0 Å². The predicted molar refractivity (Wildman–Crippen MR) is 139 cm³/mol. The van der Waals surface area contributed by atoms with E-state index in [1.54, 1.807) is 37.2 Å². The summed E-state index contributed by atoms with van der Waals surface area (Å²) in [7, 11) is 0. The van der Waals surface area contributed by atoms with Crippen LogP contribution in [0.5, 0.6) is 0 Å². The maximum absolute atomic E-state index is 12.1. The Morgan fingerprint density at radius 3 is 2.58 bits per heavy atom. The van der Waals surface area contributed by atoms with Crippen molar-refractivity contribution in [3.8, 4) is 33.8 Å². The Morgan fingerprint density at radius 2 is 1.75 bits per heavy atom. The van der Waals surface area contributed by atoms with Gasteiger partial charge in [0.1, 0.15) is 11.3 Å². The monoisotopic (exact) mass is 474 g/mol. The molecular formula is C27H22N8O. The minimum Gasteiger partial charge on any atom is -0.338 e. The molecule has 0 saturated carbocycles. The van der Waals surface area contributed by atoms with Crippen LogP contribution >= 0.6 is 0 Å². The molecule has 9 nitrogen and oxygen atoms in total. The Morgan fingerprint density at radius 1 is 0.889 bits per heavy atom. The summed E-state index contributed by atoms with van der Waals surface area (Å²) in [6.07, 6.45) is 10.5. The van der Waals surface area contributed by atoms with Gasteiger partial charge in [0.15, 0.2) is 0 Å². The lowest BCUT2D eigenvalue weighted by molar-refractivity contribution is -0.118. The molecule has 0 spiro atoms. The van der Waals surface area contributed by atoms with E-state index in [4.69, 9.17) is 0 Å². The van der Waals surface area contributed by atoms with Crippen LogP contribution in [-0.2, 0) is 4.79 Å². The van der Waals surface area contributed by atoms with E-state index in [1.165, 1.54) is 0 Å². The van der Waals surface area contributed by atoms with Crippen LogP contribution in [0.2, 0.25) is 0 Å². The Kier molecular flexibility index (Phi) is 5.22. The molecule has 0 unspecified atom stereocenters. The highest BCUT2D eigenvalue weighted by molar-refractivity contribution is 6.00. The highest BCUT2D eigenvalue weighted by Crippen LogP contribution is 2.34. The van der Waals surface area contributed by atoms with Crippen LogP contribution in [-0.4, -0.2) is 41.0 Å². The van der Waals surface area contributed by atoms with Gasteiger partial charge in [-0.05, 0) is 47.5 Å². The second kappa shape index (κ2) is 8.70. The lowest BCUT2D eigenvalue weighted by Crippen LogP contribution is -2.17. The SMILES string of the molecule is CC(C)C(=O)Nc1cncc(-c2cc3c(-c4cc5c(-c6ccncc6)ccnc5[nH]4)n[nH]c3cn2)c1. The number of carbonyl (C=O) groups excluding carboxylic acids is 1. The van der Waals surface area contributed by atoms with Gasteiger partial charge >= 0.3 is 0 Å². The molecule has 0 aliphatic carbocycles. The summed E-state index contributed by atoms with van der Waals surface area (Å²) >= 11 is 0. The van der Waals surface area contributed by atoms with Crippen molar-refractivity contribution in [1.82, 2.24) is 35.1 Å². The lowest BCUT2D eigenvalue weighted by atomic mass is 10.0. The van der Waals surface area contributed by atoms with Gasteiger partial charge in [0, 0.05) is 47.0 Å². The zero-order valence-electron chi connectivity index (χ0n) is 19.6. The predicted octanol–water partition coefficient (Wildman–Crippen LogP) is 5.22.